The predicted octanol–water partition coefficient (Wildman–Crippen LogP) is 0.612. The molecule has 7 heteroatoms. The van der Waals surface area contributed by atoms with E-state index in [-0.39, 0.29) is 17.9 Å². The zero-order valence-electron chi connectivity index (χ0n) is 10.8. The number of nitrogens with zero attached hydrogens (tertiary/aromatic N) is 1. The normalized spacial score (nSPS) is 17.9. The summed E-state index contributed by atoms with van der Waals surface area (Å²) in [6, 6.07) is 3.60. The number of nitrogens with one attached hydrogen (secondary N) is 1. The Balaban J connectivity index is 2.39. The number of aromatic carboxylic acids is 1. The van der Waals surface area contributed by atoms with Crippen molar-refractivity contribution in [2.45, 2.75) is 19.0 Å². The van der Waals surface area contributed by atoms with Gasteiger partial charge in [-0.2, -0.15) is 0 Å². The van der Waals surface area contributed by atoms with Crippen molar-refractivity contribution in [1.82, 2.24) is 4.90 Å². The molecule has 0 saturated heterocycles. The Labute approximate surface area is 114 Å². The SMILES string of the molecule is CN1Cc2ccc(C(=O)O)cc2N[C@@H](CC(=O)O)C1=O. The number of hydrogen-bond donors (Lipinski definition) is 3. The highest BCUT2D eigenvalue weighted by Gasteiger charge is 2.29. The van der Waals surface area contributed by atoms with Crippen LogP contribution in [0.25, 0.3) is 0 Å². The van der Waals surface area contributed by atoms with Crippen LogP contribution < -0.4 is 5.32 Å². The van der Waals surface area contributed by atoms with Crippen molar-refractivity contribution in [2.24, 2.45) is 0 Å². The van der Waals surface area contributed by atoms with E-state index in [1.807, 2.05) is 0 Å². The van der Waals surface area contributed by atoms with E-state index in [1.54, 1.807) is 13.1 Å². The van der Waals surface area contributed by atoms with Crippen LogP contribution >= 0.6 is 0 Å². The van der Waals surface area contributed by atoms with Gasteiger partial charge in [0, 0.05) is 19.3 Å². The van der Waals surface area contributed by atoms with Crippen molar-refractivity contribution in [2.75, 3.05) is 12.4 Å². The largest absolute Gasteiger partial charge is 0.481 e. The lowest BCUT2D eigenvalue weighted by molar-refractivity contribution is -0.141. The first kappa shape index (κ1) is 13.9. The Morgan fingerprint density at radius 1 is 1.40 bits per heavy atom. The molecule has 0 bridgehead atoms. The van der Waals surface area contributed by atoms with Gasteiger partial charge in [0.05, 0.1) is 12.0 Å². The minimum Gasteiger partial charge on any atom is -0.481 e. The lowest BCUT2D eigenvalue weighted by Gasteiger charge is -2.19. The highest BCUT2D eigenvalue weighted by atomic mass is 16.4. The summed E-state index contributed by atoms with van der Waals surface area (Å²) in [7, 11) is 1.58. The van der Waals surface area contributed by atoms with E-state index in [4.69, 9.17) is 10.2 Å². The molecule has 7 nitrogen and oxygen atoms in total. The van der Waals surface area contributed by atoms with Crippen LogP contribution in [0.3, 0.4) is 0 Å². The van der Waals surface area contributed by atoms with Gasteiger partial charge in [-0.25, -0.2) is 4.79 Å². The van der Waals surface area contributed by atoms with Gasteiger partial charge in [-0.1, -0.05) is 6.07 Å². The minimum atomic E-state index is -1.10. The van der Waals surface area contributed by atoms with Crippen LogP contribution in [0.5, 0.6) is 0 Å². The molecule has 1 atom stereocenters. The Bertz CT molecular complexity index is 584. The van der Waals surface area contributed by atoms with Crippen LogP contribution in [0, 0.1) is 0 Å². The highest BCUT2D eigenvalue weighted by Crippen LogP contribution is 2.24. The van der Waals surface area contributed by atoms with Crippen LogP contribution in [0.15, 0.2) is 18.2 Å². The van der Waals surface area contributed by atoms with Gasteiger partial charge in [0.15, 0.2) is 0 Å². The third-order valence-corrected chi connectivity index (χ3v) is 3.15. The molecule has 0 radical (unpaired) electrons. The van der Waals surface area contributed by atoms with Crippen LogP contribution in [-0.4, -0.2) is 46.0 Å². The summed E-state index contributed by atoms with van der Waals surface area (Å²) in [5.74, 6) is -2.50. The highest BCUT2D eigenvalue weighted by molar-refractivity contribution is 5.92. The number of rotatable bonds is 3. The fourth-order valence-corrected chi connectivity index (χ4v) is 2.14. The predicted molar refractivity (Wildman–Crippen MR) is 69.5 cm³/mol. The molecule has 0 aromatic heterocycles. The van der Waals surface area contributed by atoms with Crippen molar-refractivity contribution < 1.29 is 24.6 Å². The molecule has 1 aromatic rings. The summed E-state index contributed by atoms with van der Waals surface area (Å²) in [5.41, 5.74) is 1.31. The molecule has 1 aliphatic heterocycles. The molecule has 0 spiro atoms. The molecule has 3 N–H and O–H groups in total. The topological polar surface area (TPSA) is 107 Å². The maximum absolute atomic E-state index is 12.1. The summed E-state index contributed by atoms with van der Waals surface area (Å²) in [6.45, 7) is 0.303. The van der Waals surface area contributed by atoms with E-state index < -0.39 is 18.0 Å². The van der Waals surface area contributed by atoms with Crippen molar-refractivity contribution in [3.05, 3.63) is 29.3 Å². The maximum Gasteiger partial charge on any atom is 0.335 e. The number of hydrogen-bond acceptors (Lipinski definition) is 4. The van der Waals surface area contributed by atoms with Gasteiger partial charge < -0.3 is 20.4 Å². The summed E-state index contributed by atoms with van der Waals surface area (Å²) in [4.78, 5) is 35.3. The maximum atomic E-state index is 12.1. The average Bonchev–Trinajstić information content (AvgIpc) is 2.47. The van der Waals surface area contributed by atoms with E-state index >= 15 is 0 Å². The molecule has 0 saturated carbocycles. The van der Waals surface area contributed by atoms with Crippen molar-refractivity contribution >= 4 is 23.5 Å². The standard InChI is InChI=1S/C13H14N2O5/c1-15-6-8-3-2-7(13(19)20)4-9(8)14-10(12(15)18)5-11(16)17/h2-4,10,14H,5-6H2,1H3,(H,16,17)(H,19,20)/t10-/m0/s1. The van der Waals surface area contributed by atoms with E-state index in [1.165, 1.54) is 17.0 Å². The molecule has 20 heavy (non-hydrogen) atoms. The lowest BCUT2D eigenvalue weighted by atomic mass is 10.1. The smallest absolute Gasteiger partial charge is 0.335 e. The number of carbonyl (C=O) groups is 3. The molecule has 1 aliphatic rings. The minimum absolute atomic E-state index is 0.0855. The van der Waals surface area contributed by atoms with Gasteiger partial charge in [-0.3, -0.25) is 9.59 Å². The molecule has 1 aromatic carbocycles. The van der Waals surface area contributed by atoms with Gasteiger partial charge in [-0.05, 0) is 17.7 Å². The summed E-state index contributed by atoms with van der Waals surface area (Å²) >= 11 is 0. The van der Waals surface area contributed by atoms with Crippen LogP contribution in [-0.2, 0) is 16.1 Å². The summed E-state index contributed by atoms with van der Waals surface area (Å²) in [5, 5.41) is 20.7. The second-order valence-corrected chi connectivity index (χ2v) is 4.67. The number of carboxylic acid groups (broad SMARTS) is 2. The van der Waals surface area contributed by atoms with Crippen molar-refractivity contribution in [1.29, 1.82) is 0 Å². The molecule has 1 heterocycles. The number of likely N-dealkylation sites (N-methyl/N-ethyl adjacent to an activating group) is 1. The molecule has 0 fully saturated rings. The molecule has 106 valence electrons. The van der Waals surface area contributed by atoms with Gasteiger partial charge >= 0.3 is 11.9 Å². The molecule has 1 amide bonds. The van der Waals surface area contributed by atoms with Gasteiger partial charge in [-0.15, -0.1) is 0 Å². The Morgan fingerprint density at radius 3 is 2.70 bits per heavy atom. The first-order chi connectivity index (χ1) is 9.38. The number of carboxylic acids is 2. The Kier molecular flexibility index (Phi) is 3.60. The number of fused-ring (bicyclic) bond motifs is 1. The second-order valence-electron chi connectivity index (χ2n) is 4.67. The monoisotopic (exact) mass is 278 g/mol. The fourth-order valence-electron chi connectivity index (χ4n) is 2.14. The van der Waals surface area contributed by atoms with Crippen molar-refractivity contribution in [3.8, 4) is 0 Å². The summed E-state index contributed by atoms with van der Waals surface area (Å²) in [6.07, 6.45) is -0.361. The van der Waals surface area contributed by atoms with Gasteiger partial charge in [0.25, 0.3) is 0 Å². The van der Waals surface area contributed by atoms with Crippen LogP contribution in [0.1, 0.15) is 22.3 Å². The first-order valence-electron chi connectivity index (χ1n) is 5.98. The van der Waals surface area contributed by atoms with E-state index in [0.29, 0.717) is 12.2 Å². The number of carbonyl (C=O) groups excluding carboxylic acids is 1. The van der Waals surface area contributed by atoms with E-state index in [2.05, 4.69) is 5.32 Å². The van der Waals surface area contributed by atoms with Crippen LogP contribution in [0.2, 0.25) is 0 Å². The zero-order valence-corrected chi connectivity index (χ0v) is 10.8. The number of benzene rings is 1. The first-order valence-corrected chi connectivity index (χ1v) is 5.98. The average molecular weight is 278 g/mol. The zero-order chi connectivity index (χ0) is 14.9. The quantitative estimate of drug-likeness (QED) is 0.748. The van der Waals surface area contributed by atoms with E-state index in [9.17, 15) is 14.4 Å². The lowest BCUT2D eigenvalue weighted by Crippen LogP contribution is -2.39. The molecular weight excluding hydrogens is 264 g/mol. The van der Waals surface area contributed by atoms with Gasteiger partial charge in [0.1, 0.15) is 6.04 Å². The Morgan fingerprint density at radius 2 is 2.10 bits per heavy atom. The Hall–Kier alpha value is -2.57. The third kappa shape index (κ3) is 2.71. The van der Waals surface area contributed by atoms with Gasteiger partial charge in [0.2, 0.25) is 5.91 Å². The molecular formula is C13H14N2O5. The van der Waals surface area contributed by atoms with Crippen LogP contribution in [0.4, 0.5) is 5.69 Å². The number of aliphatic carboxylic acids is 1. The fraction of sp³-hybridized carbons (Fsp3) is 0.308. The second kappa shape index (κ2) is 5.20. The third-order valence-electron chi connectivity index (χ3n) is 3.15. The molecule has 0 aliphatic carbocycles. The van der Waals surface area contributed by atoms with Crippen molar-refractivity contribution in [3.63, 3.8) is 0 Å². The molecule has 2 rings (SSSR count). The molecule has 0 unspecified atom stereocenters. The number of anilines is 1. The summed E-state index contributed by atoms with van der Waals surface area (Å²) < 4.78 is 0. The number of amides is 1. The van der Waals surface area contributed by atoms with E-state index in [0.717, 1.165) is 5.56 Å².